The fourth-order valence-electron chi connectivity index (χ4n) is 1.19. The SMILES string of the molecule is CCN(CCCNC(=O)C(C)N)S(C)(=O)=O.Cl. The number of nitrogens with zero attached hydrogens (tertiary/aromatic N) is 1. The van der Waals surface area contributed by atoms with Gasteiger partial charge in [0.1, 0.15) is 0 Å². The standard InChI is InChI=1S/C9H21N3O3S.ClH/c1-4-12(16(3,14)15)7-5-6-11-9(13)8(2)10;/h8H,4-7,10H2,1-3H3,(H,11,13);1H. The molecule has 0 saturated carbocycles. The van der Waals surface area contributed by atoms with E-state index in [2.05, 4.69) is 5.32 Å². The van der Waals surface area contributed by atoms with Gasteiger partial charge in [-0.25, -0.2) is 12.7 Å². The van der Waals surface area contributed by atoms with Crippen LogP contribution in [0.1, 0.15) is 20.3 Å². The van der Waals surface area contributed by atoms with Gasteiger partial charge in [0.05, 0.1) is 12.3 Å². The number of sulfonamides is 1. The summed E-state index contributed by atoms with van der Waals surface area (Å²) in [4.78, 5) is 11.1. The van der Waals surface area contributed by atoms with Crippen LogP contribution in [-0.4, -0.2) is 50.6 Å². The van der Waals surface area contributed by atoms with E-state index in [9.17, 15) is 13.2 Å². The maximum absolute atomic E-state index is 11.2. The molecule has 1 amide bonds. The van der Waals surface area contributed by atoms with Crippen molar-refractivity contribution < 1.29 is 13.2 Å². The number of carbonyl (C=O) groups excluding carboxylic acids is 1. The van der Waals surface area contributed by atoms with Crippen molar-refractivity contribution in [1.82, 2.24) is 9.62 Å². The second-order valence-corrected chi connectivity index (χ2v) is 5.67. The fourth-order valence-corrected chi connectivity index (χ4v) is 2.12. The van der Waals surface area contributed by atoms with Crippen molar-refractivity contribution in [3.05, 3.63) is 0 Å². The summed E-state index contributed by atoms with van der Waals surface area (Å²) in [5.74, 6) is -0.220. The van der Waals surface area contributed by atoms with E-state index in [0.717, 1.165) is 0 Å². The number of carbonyl (C=O) groups is 1. The molecule has 0 spiro atoms. The predicted molar refractivity (Wildman–Crippen MR) is 70.6 cm³/mol. The Labute approximate surface area is 109 Å². The molecule has 3 N–H and O–H groups in total. The summed E-state index contributed by atoms with van der Waals surface area (Å²) in [6, 6.07) is -0.530. The summed E-state index contributed by atoms with van der Waals surface area (Å²) >= 11 is 0. The van der Waals surface area contributed by atoms with Crippen LogP contribution in [0.4, 0.5) is 0 Å². The molecule has 104 valence electrons. The number of nitrogens with two attached hydrogens (primary N) is 1. The summed E-state index contributed by atoms with van der Waals surface area (Å²) in [5, 5.41) is 2.63. The van der Waals surface area contributed by atoms with Crippen LogP contribution in [0.25, 0.3) is 0 Å². The van der Waals surface area contributed by atoms with Crippen molar-refractivity contribution in [2.45, 2.75) is 26.3 Å². The van der Waals surface area contributed by atoms with Crippen molar-refractivity contribution in [1.29, 1.82) is 0 Å². The maximum atomic E-state index is 11.2. The molecule has 0 bridgehead atoms. The van der Waals surface area contributed by atoms with E-state index in [-0.39, 0.29) is 18.3 Å². The molecule has 6 nitrogen and oxygen atoms in total. The first-order valence-electron chi connectivity index (χ1n) is 5.27. The van der Waals surface area contributed by atoms with Crippen LogP contribution in [0.15, 0.2) is 0 Å². The molecule has 0 aromatic rings. The first kappa shape index (κ1) is 19.0. The fraction of sp³-hybridized carbons (Fsp3) is 0.889. The van der Waals surface area contributed by atoms with Crippen LogP contribution < -0.4 is 11.1 Å². The van der Waals surface area contributed by atoms with Crippen molar-refractivity contribution >= 4 is 28.3 Å². The van der Waals surface area contributed by atoms with Crippen LogP contribution in [0.3, 0.4) is 0 Å². The van der Waals surface area contributed by atoms with Crippen LogP contribution in [0, 0.1) is 0 Å². The van der Waals surface area contributed by atoms with Gasteiger partial charge in [0.25, 0.3) is 0 Å². The lowest BCUT2D eigenvalue weighted by Crippen LogP contribution is -2.40. The van der Waals surface area contributed by atoms with Crippen molar-refractivity contribution in [2.24, 2.45) is 5.73 Å². The lowest BCUT2D eigenvalue weighted by molar-refractivity contribution is -0.121. The Kier molecular flexibility index (Phi) is 9.69. The van der Waals surface area contributed by atoms with Crippen molar-refractivity contribution in [3.8, 4) is 0 Å². The van der Waals surface area contributed by atoms with Crippen LogP contribution in [-0.2, 0) is 14.8 Å². The van der Waals surface area contributed by atoms with Gasteiger partial charge in [0.15, 0.2) is 0 Å². The minimum absolute atomic E-state index is 0. The molecule has 0 saturated heterocycles. The van der Waals surface area contributed by atoms with Gasteiger partial charge in [-0.3, -0.25) is 4.79 Å². The molecule has 0 fully saturated rings. The van der Waals surface area contributed by atoms with Crippen LogP contribution in [0.5, 0.6) is 0 Å². The number of halogens is 1. The average molecular weight is 288 g/mol. The molecule has 1 unspecified atom stereocenters. The molecule has 8 heteroatoms. The van der Waals surface area contributed by atoms with Gasteiger partial charge < -0.3 is 11.1 Å². The average Bonchev–Trinajstić information content (AvgIpc) is 2.15. The molecular weight excluding hydrogens is 266 g/mol. The molecule has 0 aromatic carbocycles. The van der Waals surface area contributed by atoms with E-state index < -0.39 is 16.1 Å². The normalized spacial score (nSPS) is 13.0. The highest BCUT2D eigenvalue weighted by Gasteiger charge is 2.13. The van der Waals surface area contributed by atoms with E-state index in [1.54, 1.807) is 13.8 Å². The largest absolute Gasteiger partial charge is 0.355 e. The third-order valence-corrected chi connectivity index (χ3v) is 3.50. The third kappa shape index (κ3) is 8.37. The smallest absolute Gasteiger partial charge is 0.236 e. The summed E-state index contributed by atoms with van der Waals surface area (Å²) in [6.45, 7) is 4.67. The molecule has 0 rings (SSSR count). The lowest BCUT2D eigenvalue weighted by Gasteiger charge is -2.17. The van der Waals surface area contributed by atoms with E-state index in [1.165, 1.54) is 10.6 Å². The topological polar surface area (TPSA) is 92.5 Å². The zero-order valence-corrected chi connectivity index (χ0v) is 12.1. The van der Waals surface area contributed by atoms with Crippen molar-refractivity contribution in [3.63, 3.8) is 0 Å². The Morgan fingerprint density at radius 1 is 1.47 bits per heavy atom. The lowest BCUT2D eigenvalue weighted by atomic mass is 10.3. The van der Waals surface area contributed by atoms with Crippen LogP contribution in [0.2, 0.25) is 0 Å². The number of nitrogens with one attached hydrogen (secondary N) is 1. The van der Waals surface area contributed by atoms with Crippen LogP contribution >= 0.6 is 12.4 Å². The second kappa shape index (κ2) is 8.68. The quantitative estimate of drug-likeness (QED) is 0.620. The van der Waals surface area contributed by atoms with E-state index in [0.29, 0.717) is 26.1 Å². The molecule has 0 heterocycles. The van der Waals surface area contributed by atoms with Gasteiger partial charge in [-0.05, 0) is 13.3 Å². The Bertz CT molecular complexity index is 319. The first-order valence-corrected chi connectivity index (χ1v) is 7.12. The van der Waals surface area contributed by atoms with E-state index in [4.69, 9.17) is 5.73 Å². The summed E-state index contributed by atoms with van der Waals surface area (Å²) in [7, 11) is -3.14. The summed E-state index contributed by atoms with van der Waals surface area (Å²) in [6.07, 6.45) is 1.76. The van der Waals surface area contributed by atoms with Gasteiger partial charge in [0.2, 0.25) is 15.9 Å². The van der Waals surface area contributed by atoms with Gasteiger partial charge in [-0.15, -0.1) is 12.4 Å². The minimum atomic E-state index is -3.14. The molecule has 17 heavy (non-hydrogen) atoms. The molecule has 0 aliphatic carbocycles. The van der Waals surface area contributed by atoms with Crippen molar-refractivity contribution in [2.75, 3.05) is 25.9 Å². The predicted octanol–water partition coefficient (Wildman–Crippen LogP) is -0.457. The molecular formula is C9H22ClN3O3S. The van der Waals surface area contributed by atoms with E-state index in [1.807, 2.05) is 0 Å². The molecule has 0 aliphatic heterocycles. The Balaban J connectivity index is 0. The summed E-state index contributed by atoms with van der Waals surface area (Å²) < 4.78 is 23.8. The number of hydrogen-bond donors (Lipinski definition) is 2. The van der Waals surface area contributed by atoms with Gasteiger partial charge in [-0.2, -0.15) is 0 Å². The number of amides is 1. The van der Waals surface area contributed by atoms with Gasteiger partial charge >= 0.3 is 0 Å². The Morgan fingerprint density at radius 2 is 2.00 bits per heavy atom. The monoisotopic (exact) mass is 287 g/mol. The highest BCUT2D eigenvalue weighted by molar-refractivity contribution is 7.88. The molecule has 0 aromatic heterocycles. The minimum Gasteiger partial charge on any atom is -0.355 e. The summed E-state index contributed by atoms with van der Waals surface area (Å²) in [5.41, 5.74) is 5.36. The van der Waals surface area contributed by atoms with Gasteiger partial charge in [0, 0.05) is 19.6 Å². The Hall–Kier alpha value is -0.370. The number of hydrogen-bond acceptors (Lipinski definition) is 4. The number of rotatable bonds is 7. The molecule has 0 radical (unpaired) electrons. The molecule has 1 atom stereocenters. The second-order valence-electron chi connectivity index (χ2n) is 3.69. The highest BCUT2D eigenvalue weighted by atomic mass is 35.5. The Morgan fingerprint density at radius 3 is 2.35 bits per heavy atom. The van der Waals surface area contributed by atoms with Gasteiger partial charge in [-0.1, -0.05) is 6.92 Å². The zero-order valence-electron chi connectivity index (χ0n) is 10.5. The maximum Gasteiger partial charge on any atom is 0.236 e. The third-order valence-electron chi connectivity index (χ3n) is 2.12. The molecule has 0 aliphatic rings. The van der Waals surface area contributed by atoms with E-state index >= 15 is 0 Å². The highest BCUT2D eigenvalue weighted by Crippen LogP contribution is 1.98. The first-order chi connectivity index (χ1) is 7.29. The zero-order chi connectivity index (χ0) is 12.8.